The van der Waals surface area contributed by atoms with Gasteiger partial charge in [0.2, 0.25) is 0 Å². The van der Waals surface area contributed by atoms with Crippen molar-refractivity contribution in [2.75, 3.05) is 17.5 Å². The molecule has 2 aromatic carbocycles. The molecule has 37 heavy (non-hydrogen) atoms. The SMILES string of the molecule is CCOc1nn(CC)cc1S(=O)(=O)N1CC(CCC(=O)O)Oc2ccc(C=Cc3ccc(Cl)cc3)cc21. The van der Waals surface area contributed by atoms with Crippen molar-refractivity contribution in [1.82, 2.24) is 9.78 Å². The predicted molar refractivity (Wildman–Crippen MR) is 142 cm³/mol. The summed E-state index contributed by atoms with van der Waals surface area (Å²) in [5.41, 5.74) is 2.05. The Morgan fingerprint density at radius 3 is 2.57 bits per heavy atom. The summed E-state index contributed by atoms with van der Waals surface area (Å²) in [6.45, 7) is 4.28. The van der Waals surface area contributed by atoms with E-state index in [1.165, 1.54) is 15.2 Å². The zero-order valence-corrected chi connectivity index (χ0v) is 22.1. The Morgan fingerprint density at radius 1 is 1.19 bits per heavy atom. The number of halogens is 1. The van der Waals surface area contributed by atoms with Crippen LogP contribution in [0.5, 0.6) is 11.6 Å². The normalized spacial score (nSPS) is 15.4. The highest BCUT2D eigenvalue weighted by Crippen LogP contribution is 2.40. The first-order chi connectivity index (χ1) is 17.7. The fourth-order valence-corrected chi connectivity index (χ4v) is 5.64. The van der Waals surface area contributed by atoms with Gasteiger partial charge in [0.15, 0.2) is 4.90 Å². The Kier molecular flexibility index (Phi) is 8.09. The highest BCUT2D eigenvalue weighted by atomic mass is 35.5. The van der Waals surface area contributed by atoms with Crippen LogP contribution in [0.2, 0.25) is 5.02 Å². The molecule has 1 N–H and O–H groups in total. The monoisotopic (exact) mass is 545 g/mol. The Hall–Kier alpha value is -3.50. The van der Waals surface area contributed by atoms with Gasteiger partial charge in [-0.1, -0.05) is 42.0 Å². The maximum atomic E-state index is 14.0. The van der Waals surface area contributed by atoms with E-state index in [4.69, 9.17) is 26.2 Å². The second kappa shape index (κ2) is 11.3. The van der Waals surface area contributed by atoms with E-state index >= 15 is 0 Å². The topological polar surface area (TPSA) is 111 Å². The molecule has 11 heteroatoms. The zero-order valence-electron chi connectivity index (χ0n) is 20.5. The van der Waals surface area contributed by atoms with Crippen molar-refractivity contribution in [1.29, 1.82) is 0 Å². The molecule has 2 heterocycles. The number of carboxylic acids is 1. The number of aryl methyl sites for hydroxylation is 1. The summed E-state index contributed by atoms with van der Waals surface area (Å²) in [4.78, 5) is 11.1. The van der Waals surface area contributed by atoms with Gasteiger partial charge in [0.05, 0.1) is 18.8 Å². The first-order valence-electron chi connectivity index (χ1n) is 11.9. The number of rotatable bonds is 10. The van der Waals surface area contributed by atoms with E-state index in [9.17, 15) is 13.2 Å². The molecule has 9 nitrogen and oxygen atoms in total. The van der Waals surface area contributed by atoms with E-state index in [-0.39, 0.29) is 36.8 Å². The molecule has 0 fully saturated rings. The first-order valence-corrected chi connectivity index (χ1v) is 13.7. The van der Waals surface area contributed by atoms with Crippen molar-refractivity contribution in [2.24, 2.45) is 0 Å². The van der Waals surface area contributed by atoms with E-state index < -0.39 is 22.1 Å². The molecule has 1 unspecified atom stereocenters. The van der Waals surface area contributed by atoms with E-state index in [1.807, 2.05) is 37.3 Å². The van der Waals surface area contributed by atoms with Gasteiger partial charge in [0.25, 0.3) is 15.9 Å². The van der Waals surface area contributed by atoms with E-state index in [2.05, 4.69) is 5.10 Å². The Morgan fingerprint density at radius 2 is 1.89 bits per heavy atom. The van der Waals surface area contributed by atoms with Crippen molar-refractivity contribution in [2.45, 2.75) is 44.2 Å². The van der Waals surface area contributed by atoms with Crippen LogP contribution < -0.4 is 13.8 Å². The summed E-state index contributed by atoms with van der Waals surface area (Å²) in [6, 6.07) is 12.6. The number of aliphatic carboxylic acids is 1. The molecule has 1 aromatic heterocycles. The smallest absolute Gasteiger partial charge is 0.303 e. The van der Waals surface area contributed by atoms with Crippen LogP contribution in [0.4, 0.5) is 5.69 Å². The Balaban J connectivity index is 1.74. The number of hydrogen-bond acceptors (Lipinski definition) is 6. The lowest BCUT2D eigenvalue weighted by molar-refractivity contribution is -0.137. The van der Waals surface area contributed by atoms with Gasteiger partial charge in [-0.05, 0) is 55.7 Å². The first kappa shape index (κ1) is 26.6. The number of benzene rings is 2. The lowest BCUT2D eigenvalue weighted by Gasteiger charge is -2.35. The molecule has 0 radical (unpaired) electrons. The average molecular weight is 546 g/mol. The summed E-state index contributed by atoms with van der Waals surface area (Å²) in [7, 11) is -4.12. The number of anilines is 1. The molecule has 3 aromatic rings. The van der Waals surface area contributed by atoms with Gasteiger partial charge in [0, 0.05) is 24.2 Å². The standard InChI is InChI=1S/C26H28ClN3O6S/c1-3-29-17-24(26(28-29)35-4-2)37(33,34)30-16-21(12-14-25(31)32)36-23-13-9-19(15-22(23)30)6-5-18-7-10-20(27)11-8-18/h5-11,13,15,17,21H,3-4,12,14,16H2,1-2H3,(H,31,32). The molecular formula is C26H28ClN3O6S. The van der Waals surface area contributed by atoms with Gasteiger partial charge in [-0.15, -0.1) is 5.10 Å². The summed E-state index contributed by atoms with van der Waals surface area (Å²) >= 11 is 5.96. The fraction of sp³-hybridized carbons (Fsp3) is 0.308. The van der Waals surface area contributed by atoms with Gasteiger partial charge in [0.1, 0.15) is 11.9 Å². The van der Waals surface area contributed by atoms with Crippen molar-refractivity contribution in [3.05, 3.63) is 64.8 Å². The number of carboxylic acid groups (broad SMARTS) is 1. The van der Waals surface area contributed by atoms with Crippen LogP contribution in [0.3, 0.4) is 0 Å². The molecule has 0 saturated heterocycles. The Labute approximate surface area is 220 Å². The summed E-state index contributed by atoms with van der Waals surface area (Å²) in [5.74, 6) is -0.595. The van der Waals surface area contributed by atoms with Crippen LogP contribution >= 0.6 is 11.6 Å². The maximum Gasteiger partial charge on any atom is 0.303 e. The van der Waals surface area contributed by atoms with Crippen LogP contribution in [0.1, 0.15) is 37.8 Å². The lowest BCUT2D eigenvalue weighted by Crippen LogP contribution is -2.43. The highest BCUT2D eigenvalue weighted by molar-refractivity contribution is 7.93. The average Bonchev–Trinajstić information content (AvgIpc) is 3.30. The minimum atomic E-state index is -4.12. The van der Waals surface area contributed by atoms with Crippen molar-refractivity contribution in [3.63, 3.8) is 0 Å². The molecule has 1 atom stereocenters. The molecule has 1 aliphatic rings. The maximum absolute atomic E-state index is 14.0. The molecule has 0 bridgehead atoms. The minimum Gasteiger partial charge on any atom is -0.486 e. The van der Waals surface area contributed by atoms with Gasteiger partial charge in [-0.25, -0.2) is 8.42 Å². The van der Waals surface area contributed by atoms with Crippen LogP contribution in [-0.4, -0.2) is 48.5 Å². The third-order valence-electron chi connectivity index (χ3n) is 5.80. The number of fused-ring (bicyclic) bond motifs is 1. The summed E-state index contributed by atoms with van der Waals surface area (Å²) < 4.78 is 42.3. The highest BCUT2D eigenvalue weighted by Gasteiger charge is 2.37. The Bertz CT molecular complexity index is 1400. The van der Waals surface area contributed by atoms with Gasteiger partial charge >= 0.3 is 5.97 Å². The van der Waals surface area contributed by atoms with Crippen LogP contribution in [-0.2, 0) is 21.4 Å². The van der Waals surface area contributed by atoms with E-state index in [1.54, 1.807) is 31.2 Å². The molecule has 4 rings (SSSR count). The summed E-state index contributed by atoms with van der Waals surface area (Å²) in [5, 5.41) is 14.0. The predicted octanol–water partition coefficient (Wildman–Crippen LogP) is 4.95. The van der Waals surface area contributed by atoms with E-state index in [0.717, 1.165) is 11.1 Å². The molecule has 0 aliphatic carbocycles. The van der Waals surface area contributed by atoms with Gasteiger partial charge in [-0.2, -0.15) is 0 Å². The van der Waals surface area contributed by atoms with Gasteiger partial charge in [-0.3, -0.25) is 13.8 Å². The minimum absolute atomic E-state index is 0.0262. The molecule has 196 valence electrons. The van der Waals surface area contributed by atoms with Crippen LogP contribution in [0.15, 0.2) is 53.6 Å². The number of carbonyl (C=O) groups is 1. The molecule has 1 aliphatic heterocycles. The molecule has 0 spiro atoms. The zero-order chi connectivity index (χ0) is 26.6. The third kappa shape index (κ3) is 6.08. The number of ether oxygens (including phenoxy) is 2. The van der Waals surface area contributed by atoms with Crippen molar-refractivity contribution < 1.29 is 27.8 Å². The third-order valence-corrected chi connectivity index (χ3v) is 7.82. The number of aromatic nitrogens is 2. The number of hydrogen-bond donors (Lipinski definition) is 1. The van der Waals surface area contributed by atoms with Gasteiger partial charge < -0.3 is 14.6 Å². The van der Waals surface area contributed by atoms with Crippen LogP contribution in [0.25, 0.3) is 12.2 Å². The molecule has 0 saturated carbocycles. The van der Waals surface area contributed by atoms with E-state index in [0.29, 0.717) is 23.0 Å². The summed E-state index contributed by atoms with van der Waals surface area (Å²) in [6.07, 6.45) is 4.59. The second-order valence-corrected chi connectivity index (χ2v) is 10.7. The van der Waals surface area contributed by atoms with Crippen molar-refractivity contribution >= 4 is 45.4 Å². The lowest BCUT2D eigenvalue weighted by atomic mass is 10.1. The molecule has 0 amide bonds. The number of sulfonamides is 1. The van der Waals surface area contributed by atoms with Crippen molar-refractivity contribution in [3.8, 4) is 11.6 Å². The second-order valence-electron chi connectivity index (χ2n) is 8.41. The fourth-order valence-electron chi connectivity index (χ4n) is 3.94. The molecular weight excluding hydrogens is 518 g/mol. The largest absolute Gasteiger partial charge is 0.486 e. The van der Waals surface area contributed by atoms with Crippen LogP contribution in [0, 0.1) is 0 Å². The quantitative estimate of drug-likeness (QED) is 0.359. The number of nitrogens with zero attached hydrogens (tertiary/aromatic N) is 3.